The van der Waals surface area contributed by atoms with Crippen LogP contribution in [0.5, 0.6) is 0 Å². The van der Waals surface area contributed by atoms with Gasteiger partial charge >= 0.3 is 0 Å². The smallest absolute Gasteiger partial charge is 0.292 e. The minimum atomic E-state index is -0.559. The highest BCUT2D eigenvalue weighted by Crippen LogP contribution is 2.34. The lowest BCUT2D eigenvalue weighted by Crippen LogP contribution is -2.48. The normalized spacial score (nSPS) is 25.9. The molecule has 6 nitrogen and oxygen atoms in total. The number of amides is 1. The largest absolute Gasteiger partial charge is 0.351 e. The number of likely N-dealkylation sites (tertiary alicyclic amines) is 1. The summed E-state index contributed by atoms with van der Waals surface area (Å²) in [5, 5.41) is 3.77. The van der Waals surface area contributed by atoms with Crippen molar-refractivity contribution in [1.82, 2.24) is 10.1 Å². The third kappa shape index (κ3) is 2.45. The van der Waals surface area contributed by atoms with E-state index in [1.54, 1.807) is 13.0 Å². The van der Waals surface area contributed by atoms with Crippen molar-refractivity contribution < 1.29 is 18.8 Å². The van der Waals surface area contributed by atoms with Crippen LogP contribution in [0.25, 0.3) is 0 Å². The summed E-state index contributed by atoms with van der Waals surface area (Å²) in [5.74, 6) is -0.152. The van der Waals surface area contributed by atoms with Gasteiger partial charge in [-0.3, -0.25) is 4.79 Å². The molecule has 0 radical (unpaired) electrons. The van der Waals surface area contributed by atoms with Gasteiger partial charge in [0.1, 0.15) is 0 Å². The van der Waals surface area contributed by atoms with Crippen LogP contribution < -0.4 is 0 Å². The third-order valence-electron chi connectivity index (χ3n) is 4.15. The van der Waals surface area contributed by atoms with Gasteiger partial charge in [0, 0.05) is 25.1 Å². The Morgan fingerprint density at radius 3 is 2.85 bits per heavy atom. The van der Waals surface area contributed by atoms with Gasteiger partial charge in [-0.05, 0) is 26.7 Å². The first kappa shape index (κ1) is 13.6. The molecule has 3 rings (SSSR count). The van der Waals surface area contributed by atoms with Crippen LogP contribution in [0.3, 0.4) is 0 Å². The Hall–Kier alpha value is -1.40. The van der Waals surface area contributed by atoms with Gasteiger partial charge in [0.05, 0.1) is 18.9 Å². The van der Waals surface area contributed by atoms with Crippen LogP contribution in [0, 0.1) is 12.8 Å². The van der Waals surface area contributed by atoms with Gasteiger partial charge < -0.3 is 18.9 Å². The summed E-state index contributed by atoms with van der Waals surface area (Å²) in [6, 6.07) is 1.68. The Bertz CT molecular complexity index is 493. The summed E-state index contributed by atoms with van der Waals surface area (Å²) in [5.41, 5.74) is 0.719. The molecule has 110 valence electrons. The van der Waals surface area contributed by atoms with Crippen molar-refractivity contribution in [2.24, 2.45) is 5.92 Å². The predicted octanol–water partition coefficient (Wildman–Crippen LogP) is 1.60. The number of aromatic nitrogens is 1. The lowest BCUT2D eigenvalue weighted by molar-refractivity contribution is -0.189. The van der Waals surface area contributed by atoms with Crippen LogP contribution in [0.4, 0.5) is 0 Å². The lowest BCUT2D eigenvalue weighted by Gasteiger charge is -2.39. The fourth-order valence-corrected chi connectivity index (χ4v) is 2.98. The van der Waals surface area contributed by atoms with Gasteiger partial charge in [-0.25, -0.2) is 0 Å². The Balaban J connectivity index is 1.70. The van der Waals surface area contributed by atoms with E-state index in [4.69, 9.17) is 14.0 Å². The van der Waals surface area contributed by atoms with Crippen molar-refractivity contribution in [1.29, 1.82) is 0 Å². The molecule has 0 aromatic carbocycles. The second kappa shape index (κ2) is 5.18. The first-order valence-electron chi connectivity index (χ1n) is 7.09. The van der Waals surface area contributed by atoms with Gasteiger partial charge in [0.15, 0.2) is 5.79 Å². The molecular formula is C14H20N2O4. The van der Waals surface area contributed by atoms with Crippen LogP contribution in [0.1, 0.15) is 36.0 Å². The highest BCUT2D eigenvalue weighted by atomic mass is 16.7. The van der Waals surface area contributed by atoms with Crippen molar-refractivity contribution in [3.8, 4) is 0 Å². The van der Waals surface area contributed by atoms with E-state index < -0.39 is 5.79 Å². The van der Waals surface area contributed by atoms with Crippen molar-refractivity contribution in [2.45, 2.75) is 32.5 Å². The topological polar surface area (TPSA) is 64.8 Å². The molecule has 2 aliphatic rings. The molecule has 2 fully saturated rings. The van der Waals surface area contributed by atoms with Crippen LogP contribution >= 0.6 is 0 Å². The number of rotatable bonds is 2. The molecule has 6 heteroatoms. The molecule has 2 saturated heterocycles. The highest BCUT2D eigenvalue weighted by molar-refractivity contribution is 5.91. The van der Waals surface area contributed by atoms with Gasteiger partial charge in [0.25, 0.3) is 5.91 Å². The highest BCUT2D eigenvalue weighted by Gasteiger charge is 2.42. The van der Waals surface area contributed by atoms with Gasteiger partial charge in [-0.15, -0.1) is 0 Å². The number of hydrogen-bond donors (Lipinski definition) is 0. The molecule has 0 spiro atoms. The van der Waals surface area contributed by atoms with Crippen molar-refractivity contribution in [2.75, 3.05) is 26.3 Å². The maximum absolute atomic E-state index is 12.4. The lowest BCUT2D eigenvalue weighted by atomic mass is 9.90. The molecule has 0 bridgehead atoms. The Morgan fingerprint density at radius 2 is 2.20 bits per heavy atom. The first-order valence-corrected chi connectivity index (χ1v) is 7.09. The zero-order chi connectivity index (χ0) is 14.2. The summed E-state index contributed by atoms with van der Waals surface area (Å²) in [4.78, 5) is 14.2. The molecule has 0 saturated carbocycles. The fraction of sp³-hybridized carbons (Fsp3) is 0.714. The molecule has 1 aromatic rings. The molecule has 0 N–H and O–H groups in total. The van der Waals surface area contributed by atoms with Gasteiger partial charge in [-0.1, -0.05) is 5.16 Å². The van der Waals surface area contributed by atoms with Crippen LogP contribution in [-0.4, -0.2) is 48.1 Å². The monoisotopic (exact) mass is 280 g/mol. The number of aryl methyl sites for hydroxylation is 1. The van der Waals surface area contributed by atoms with E-state index in [0.29, 0.717) is 25.5 Å². The van der Waals surface area contributed by atoms with Gasteiger partial charge in [-0.2, -0.15) is 0 Å². The SMILES string of the molecule is Cc1cc(C(=O)N2CCC[C@H](C3(C)OCCO3)C2)on1. The summed E-state index contributed by atoms with van der Waals surface area (Å²) < 4.78 is 16.5. The van der Waals surface area contributed by atoms with E-state index >= 15 is 0 Å². The molecular weight excluding hydrogens is 260 g/mol. The maximum atomic E-state index is 12.4. The fourth-order valence-electron chi connectivity index (χ4n) is 2.98. The third-order valence-corrected chi connectivity index (χ3v) is 4.15. The Labute approximate surface area is 118 Å². The zero-order valence-electron chi connectivity index (χ0n) is 11.9. The summed E-state index contributed by atoms with van der Waals surface area (Å²) in [6.07, 6.45) is 1.96. The van der Waals surface area contributed by atoms with Crippen LogP contribution in [0.2, 0.25) is 0 Å². The molecule has 1 atom stereocenters. The number of hydrogen-bond acceptors (Lipinski definition) is 5. The van der Waals surface area contributed by atoms with E-state index in [1.807, 2.05) is 11.8 Å². The maximum Gasteiger partial charge on any atom is 0.292 e. The summed E-state index contributed by atoms with van der Waals surface area (Å²) >= 11 is 0. The molecule has 3 heterocycles. The standard InChI is InChI=1S/C14H20N2O4/c1-10-8-12(20-15-10)13(17)16-5-3-4-11(9-16)14(2)18-6-7-19-14/h8,11H,3-7,9H2,1-2H3/t11-/m0/s1. The van der Waals surface area contributed by atoms with E-state index in [0.717, 1.165) is 25.1 Å². The summed E-state index contributed by atoms with van der Waals surface area (Å²) in [6.45, 7) is 6.41. The first-order chi connectivity index (χ1) is 9.58. The molecule has 0 aliphatic carbocycles. The quantitative estimate of drug-likeness (QED) is 0.823. The number of carbonyl (C=O) groups is 1. The molecule has 20 heavy (non-hydrogen) atoms. The van der Waals surface area contributed by atoms with Crippen LogP contribution in [0.15, 0.2) is 10.6 Å². The predicted molar refractivity (Wildman–Crippen MR) is 70.2 cm³/mol. The molecule has 1 amide bonds. The minimum absolute atomic E-state index is 0.100. The number of ether oxygens (including phenoxy) is 2. The molecule has 0 unspecified atom stereocenters. The molecule has 2 aliphatic heterocycles. The van der Waals surface area contributed by atoms with Gasteiger partial charge in [0.2, 0.25) is 5.76 Å². The number of piperidine rings is 1. The second-order valence-corrected chi connectivity index (χ2v) is 5.64. The molecule has 1 aromatic heterocycles. The number of nitrogens with zero attached hydrogens (tertiary/aromatic N) is 2. The van der Waals surface area contributed by atoms with E-state index in [1.165, 1.54) is 0 Å². The Morgan fingerprint density at radius 1 is 1.45 bits per heavy atom. The van der Waals surface area contributed by atoms with Crippen LogP contribution in [-0.2, 0) is 9.47 Å². The van der Waals surface area contributed by atoms with Crippen molar-refractivity contribution in [3.63, 3.8) is 0 Å². The zero-order valence-corrected chi connectivity index (χ0v) is 11.9. The van der Waals surface area contributed by atoms with E-state index in [2.05, 4.69) is 5.16 Å². The van der Waals surface area contributed by atoms with E-state index in [9.17, 15) is 4.79 Å². The second-order valence-electron chi connectivity index (χ2n) is 5.64. The average molecular weight is 280 g/mol. The Kier molecular flexibility index (Phi) is 3.52. The van der Waals surface area contributed by atoms with Crippen molar-refractivity contribution >= 4 is 5.91 Å². The van der Waals surface area contributed by atoms with Crippen molar-refractivity contribution in [3.05, 3.63) is 17.5 Å². The average Bonchev–Trinajstić information content (AvgIpc) is 3.08. The summed E-state index contributed by atoms with van der Waals surface area (Å²) in [7, 11) is 0. The van der Waals surface area contributed by atoms with E-state index in [-0.39, 0.29) is 11.8 Å². The minimum Gasteiger partial charge on any atom is -0.351 e. The number of carbonyl (C=O) groups excluding carboxylic acids is 1.